The van der Waals surface area contributed by atoms with Crippen molar-refractivity contribution in [1.29, 1.82) is 0 Å². The number of anilines is 1. The van der Waals surface area contributed by atoms with E-state index in [9.17, 15) is 18.0 Å². The van der Waals surface area contributed by atoms with E-state index in [2.05, 4.69) is 10.0 Å². The molecule has 22 heavy (non-hydrogen) atoms. The summed E-state index contributed by atoms with van der Waals surface area (Å²) < 4.78 is 24.9. The highest BCUT2D eigenvalue weighted by Gasteiger charge is 2.24. The van der Waals surface area contributed by atoms with Crippen LogP contribution < -0.4 is 10.0 Å². The average Bonchev–Trinajstić information content (AvgIpc) is 2.35. The van der Waals surface area contributed by atoms with E-state index in [1.165, 1.54) is 12.1 Å². The van der Waals surface area contributed by atoms with Crippen LogP contribution in [0.2, 0.25) is 0 Å². The summed E-state index contributed by atoms with van der Waals surface area (Å²) in [6.45, 7) is 5.07. The smallest absolute Gasteiger partial charge is 0.326 e. The van der Waals surface area contributed by atoms with Crippen molar-refractivity contribution in [2.75, 3.05) is 11.0 Å². The maximum Gasteiger partial charge on any atom is 0.326 e. The molecule has 0 aliphatic rings. The van der Waals surface area contributed by atoms with Gasteiger partial charge in [-0.05, 0) is 30.5 Å². The third kappa shape index (κ3) is 5.03. The molecule has 1 aromatic rings. The molecular weight excluding hydrogens is 308 g/mol. The highest BCUT2D eigenvalue weighted by Crippen LogP contribution is 2.18. The van der Waals surface area contributed by atoms with Gasteiger partial charge >= 0.3 is 5.97 Å². The third-order valence-electron chi connectivity index (χ3n) is 3.01. The Bertz CT molecular complexity index is 682. The van der Waals surface area contributed by atoms with Gasteiger partial charge < -0.3 is 10.4 Å². The molecular formula is C14H20N2O5S. The van der Waals surface area contributed by atoms with Crippen molar-refractivity contribution in [2.45, 2.75) is 26.8 Å². The highest BCUT2D eigenvalue weighted by molar-refractivity contribution is 7.92. The van der Waals surface area contributed by atoms with Crippen LogP contribution in [0.25, 0.3) is 0 Å². The number of nitrogens with one attached hydrogen (secondary N) is 2. The summed E-state index contributed by atoms with van der Waals surface area (Å²) in [6, 6.07) is 3.47. The first kappa shape index (κ1) is 18.0. The van der Waals surface area contributed by atoms with Gasteiger partial charge in [0.15, 0.2) is 0 Å². The summed E-state index contributed by atoms with van der Waals surface area (Å²) >= 11 is 0. The number of amides is 1. The number of hydrogen-bond acceptors (Lipinski definition) is 4. The molecule has 122 valence electrons. The SMILES string of the molecule is Cc1ccc(C(=O)N[C@H](C(=O)O)C(C)C)cc1NS(C)(=O)=O. The number of benzene rings is 1. The van der Waals surface area contributed by atoms with Crippen LogP contribution in [0.4, 0.5) is 5.69 Å². The number of aryl methyl sites for hydroxylation is 1. The van der Waals surface area contributed by atoms with Gasteiger partial charge in [0.2, 0.25) is 10.0 Å². The molecule has 0 unspecified atom stereocenters. The first-order valence-corrected chi connectivity index (χ1v) is 8.52. The molecule has 8 heteroatoms. The lowest BCUT2D eigenvalue weighted by Gasteiger charge is -2.18. The van der Waals surface area contributed by atoms with Crippen LogP contribution in [0.1, 0.15) is 29.8 Å². The van der Waals surface area contributed by atoms with Crippen LogP contribution in [0.15, 0.2) is 18.2 Å². The van der Waals surface area contributed by atoms with E-state index in [0.717, 1.165) is 6.26 Å². The number of aliphatic carboxylic acids is 1. The fourth-order valence-corrected chi connectivity index (χ4v) is 2.43. The van der Waals surface area contributed by atoms with Crippen LogP contribution >= 0.6 is 0 Å². The minimum Gasteiger partial charge on any atom is -0.480 e. The number of carbonyl (C=O) groups is 2. The van der Waals surface area contributed by atoms with E-state index < -0.39 is 27.9 Å². The summed E-state index contributed by atoms with van der Waals surface area (Å²) in [6.07, 6.45) is 1.01. The first-order valence-electron chi connectivity index (χ1n) is 6.63. The van der Waals surface area contributed by atoms with Gasteiger partial charge in [-0.2, -0.15) is 0 Å². The first-order chi connectivity index (χ1) is 10.0. The number of carbonyl (C=O) groups excluding carboxylic acids is 1. The zero-order valence-electron chi connectivity index (χ0n) is 12.9. The molecule has 1 rings (SSSR count). The molecule has 0 fully saturated rings. The number of hydrogen-bond donors (Lipinski definition) is 3. The van der Waals surface area contributed by atoms with Crippen LogP contribution in [0.5, 0.6) is 0 Å². The van der Waals surface area contributed by atoms with Crippen LogP contribution in [0.3, 0.4) is 0 Å². The van der Waals surface area contributed by atoms with Gasteiger partial charge in [-0.3, -0.25) is 9.52 Å². The molecule has 7 nitrogen and oxygen atoms in total. The van der Waals surface area contributed by atoms with Crippen molar-refractivity contribution < 1.29 is 23.1 Å². The Labute approximate surface area is 129 Å². The van der Waals surface area contributed by atoms with Gasteiger partial charge in [0.05, 0.1) is 11.9 Å². The molecule has 0 aromatic heterocycles. The molecule has 0 saturated carbocycles. The minimum absolute atomic E-state index is 0.184. The van der Waals surface area contributed by atoms with E-state index in [0.29, 0.717) is 5.56 Å². The highest BCUT2D eigenvalue weighted by atomic mass is 32.2. The van der Waals surface area contributed by atoms with Crippen molar-refractivity contribution in [2.24, 2.45) is 5.92 Å². The fraction of sp³-hybridized carbons (Fsp3) is 0.429. The lowest BCUT2D eigenvalue weighted by molar-refractivity contribution is -0.140. The predicted octanol–water partition coefficient (Wildman–Crippen LogP) is 1.21. The van der Waals surface area contributed by atoms with E-state index >= 15 is 0 Å². The van der Waals surface area contributed by atoms with Crippen molar-refractivity contribution >= 4 is 27.6 Å². The van der Waals surface area contributed by atoms with Gasteiger partial charge in [-0.15, -0.1) is 0 Å². The van der Waals surface area contributed by atoms with E-state index in [-0.39, 0.29) is 17.2 Å². The summed E-state index contributed by atoms with van der Waals surface area (Å²) in [7, 11) is -3.47. The molecule has 1 atom stereocenters. The lowest BCUT2D eigenvalue weighted by atomic mass is 10.0. The Morgan fingerprint density at radius 3 is 2.27 bits per heavy atom. The topological polar surface area (TPSA) is 113 Å². The normalized spacial score (nSPS) is 12.8. The standard InChI is InChI=1S/C14H20N2O5S/c1-8(2)12(14(18)19)15-13(17)10-6-5-9(3)11(7-10)16-22(4,20)21/h5-8,12,16H,1-4H3,(H,15,17)(H,18,19)/t12-/m0/s1. The zero-order chi connectivity index (χ0) is 17.1. The van der Waals surface area contributed by atoms with Gasteiger partial charge in [0.1, 0.15) is 6.04 Å². The maximum atomic E-state index is 12.1. The molecule has 0 radical (unpaired) electrons. The summed E-state index contributed by atoms with van der Waals surface area (Å²) in [5, 5.41) is 11.5. The predicted molar refractivity (Wildman–Crippen MR) is 83.4 cm³/mol. The Morgan fingerprint density at radius 2 is 1.82 bits per heavy atom. The molecule has 1 aromatic carbocycles. The number of carboxylic acid groups (broad SMARTS) is 1. The van der Waals surface area contributed by atoms with Gasteiger partial charge in [-0.25, -0.2) is 13.2 Å². The molecule has 0 saturated heterocycles. The quantitative estimate of drug-likeness (QED) is 0.726. The largest absolute Gasteiger partial charge is 0.480 e. The Kier molecular flexibility index (Phi) is 5.54. The molecule has 0 aliphatic carbocycles. The van der Waals surface area contributed by atoms with Crippen LogP contribution in [-0.2, 0) is 14.8 Å². The molecule has 3 N–H and O–H groups in total. The van der Waals surface area contributed by atoms with Gasteiger partial charge in [-0.1, -0.05) is 19.9 Å². The van der Waals surface area contributed by atoms with Gasteiger partial charge in [0, 0.05) is 5.56 Å². The number of sulfonamides is 1. The second-order valence-corrected chi connectivity index (χ2v) is 7.19. The van der Waals surface area contributed by atoms with E-state index in [1.807, 2.05) is 0 Å². The van der Waals surface area contributed by atoms with Gasteiger partial charge in [0.25, 0.3) is 5.91 Å². The second kappa shape index (κ2) is 6.78. The van der Waals surface area contributed by atoms with E-state index in [1.54, 1.807) is 26.8 Å². The molecule has 0 bridgehead atoms. The molecule has 0 spiro atoms. The minimum atomic E-state index is -3.47. The van der Waals surface area contributed by atoms with Crippen molar-refractivity contribution in [3.05, 3.63) is 29.3 Å². The maximum absolute atomic E-state index is 12.1. The van der Waals surface area contributed by atoms with Crippen molar-refractivity contribution in [3.8, 4) is 0 Å². The summed E-state index contributed by atoms with van der Waals surface area (Å²) in [4.78, 5) is 23.3. The number of rotatable bonds is 6. The summed E-state index contributed by atoms with van der Waals surface area (Å²) in [5.41, 5.74) is 1.12. The molecule has 1 amide bonds. The van der Waals surface area contributed by atoms with Crippen LogP contribution in [0, 0.1) is 12.8 Å². The Hall–Kier alpha value is -2.09. The Balaban J connectivity index is 3.04. The third-order valence-corrected chi connectivity index (χ3v) is 3.61. The monoisotopic (exact) mass is 328 g/mol. The Morgan fingerprint density at radius 1 is 1.23 bits per heavy atom. The van der Waals surface area contributed by atoms with Crippen molar-refractivity contribution in [3.63, 3.8) is 0 Å². The molecule has 0 heterocycles. The van der Waals surface area contributed by atoms with E-state index in [4.69, 9.17) is 5.11 Å². The van der Waals surface area contributed by atoms with Crippen molar-refractivity contribution in [1.82, 2.24) is 5.32 Å². The summed E-state index contributed by atoms with van der Waals surface area (Å²) in [5.74, 6) is -1.97. The second-order valence-electron chi connectivity index (χ2n) is 5.44. The number of carboxylic acids is 1. The fourth-order valence-electron chi connectivity index (χ4n) is 1.81. The lowest BCUT2D eigenvalue weighted by Crippen LogP contribution is -2.44. The molecule has 0 aliphatic heterocycles. The van der Waals surface area contributed by atoms with Crippen LogP contribution in [-0.4, -0.2) is 37.7 Å². The average molecular weight is 328 g/mol. The zero-order valence-corrected chi connectivity index (χ0v) is 13.7.